The number of carbonyl (C=O) groups is 1. The Morgan fingerprint density at radius 2 is 2.29 bits per heavy atom. The molecule has 1 N–H and O–H groups in total. The number of hydrogen-bond donors (Lipinski definition) is 1. The second-order valence-corrected chi connectivity index (χ2v) is 3.55. The van der Waals surface area contributed by atoms with Gasteiger partial charge in [-0.2, -0.15) is 0 Å². The first-order valence-electron chi connectivity index (χ1n) is 4.18. The van der Waals surface area contributed by atoms with E-state index >= 15 is 0 Å². The van der Waals surface area contributed by atoms with Crippen LogP contribution in [0.3, 0.4) is 0 Å². The van der Waals surface area contributed by atoms with Gasteiger partial charge in [-0.25, -0.2) is 4.39 Å². The molecule has 0 saturated carbocycles. The molecule has 2 nitrogen and oxygen atoms in total. The van der Waals surface area contributed by atoms with E-state index in [-0.39, 0.29) is 17.0 Å². The van der Waals surface area contributed by atoms with E-state index in [1.807, 2.05) is 0 Å². The van der Waals surface area contributed by atoms with Crippen LogP contribution in [-0.2, 0) is 11.2 Å². The molecular formula is C10H10ClFO2. The highest BCUT2D eigenvalue weighted by atomic mass is 35.5. The predicted molar refractivity (Wildman–Crippen MR) is 51.9 cm³/mol. The van der Waals surface area contributed by atoms with Crippen LogP contribution < -0.4 is 0 Å². The SMILES string of the molecule is CC(Cc1c(F)cccc1Cl)C(=O)O. The Bertz CT molecular complexity index is 332. The second kappa shape index (κ2) is 4.42. The predicted octanol–water partition coefficient (Wildman–Crippen LogP) is 2.74. The molecule has 1 atom stereocenters. The summed E-state index contributed by atoms with van der Waals surface area (Å²) in [5.74, 6) is -2.04. The summed E-state index contributed by atoms with van der Waals surface area (Å²) in [5, 5.41) is 8.94. The number of carboxylic acid groups (broad SMARTS) is 1. The maximum atomic E-state index is 13.2. The van der Waals surface area contributed by atoms with Gasteiger partial charge in [0.1, 0.15) is 5.82 Å². The molecular weight excluding hydrogens is 207 g/mol. The quantitative estimate of drug-likeness (QED) is 0.844. The molecule has 0 bridgehead atoms. The topological polar surface area (TPSA) is 37.3 Å². The summed E-state index contributed by atoms with van der Waals surface area (Å²) in [4.78, 5) is 10.6. The van der Waals surface area contributed by atoms with Crippen LogP contribution in [0.15, 0.2) is 18.2 Å². The number of halogens is 2. The maximum absolute atomic E-state index is 13.2. The summed E-state index contributed by atoms with van der Waals surface area (Å²) in [7, 11) is 0. The highest BCUT2D eigenvalue weighted by Gasteiger charge is 2.16. The highest BCUT2D eigenvalue weighted by molar-refractivity contribution is 6.31. The number of rotatable bonds is 3. The fourth-order valence-electron chi connectivity index (χ4n) is 1.12. The molecule has 0 aromatic heterocycles. The third-order valence-corrected chi connectivity index (χ3v) is 2.35. The van der Waals surface area contributed by atoms with Crippen molar-refractivity contribution in [2.24, 2.45) is 5.92 Å². The van der Waals surface area contributed by atoms with Crippen LogP contribution in [0, 0.1) is 11.7 Å². The molecule has 14 heavy (non-hydrogen) atoms. The zero-order chi connectivity index (χ0) is 10.7. The van der Waals surface area contributed by atoms with Gasteiger partial charge in [-0.1, -0.05) is 24.6 Å². The normalized spacial score (nSPS) is 12.5. The van der Waals surface area contributed by atoms with E-state index in [2.05, 4.69) is 0 Å². The molecule has 1 aromatic carbocycles. The second-order valence-electron chi connectivity index (χ2n) is 3.14. The number of hydrogen-bond acceptors (Lipinski definition) is 1. The Hall–Kier alpha value is -1.09. The molecule has 1 aromatic rings. The highest BCUT2D eigenvalue weighted by Crippen LogP contribution is 2.22. The standard InChI is InChI=1S/C10H10ClFO2/c1-6(10(13)14)5-7-8(11)3-2-4-9(7)12/h2-4,6H,5H2,1H3,(H,13,14). The van der Waals surface area contributed by atoms with E-state index in [4.69, 9.17) is 16.7 Å². The Labute approximate surface area is 86.3 Å². The lowest BCUT2D eigenvalue weighted by molar-refractivity contribution is -0.141. The fraction of sp³-hybridized carbons (Fsp3) is 0.300. The molecule has 0 heterocycles. The van der Waals surface area contributed by atoms with E-state index in [1.165, 1.54) is 19.1 Å². The van der Waals surface area contributed by atoms with Crippen LogP contribution in [0.1, 0.15) is 12.5 Å². The zero-order valence-electron chi connectivity index (χ0n) is 7.63. The first-order valence-corrected chi connectivity index (χ1v) is 4.56. The zero-order valence-corrected chi connectivity index (χ0v) is 8.38. The Balaban J connectivity index is 2.91. The monoisotopic (exact) mass is 216 g/mol. The van der Waals surface area contributed by atoms with Crippen molar-refractivity contribution in [3.8, 4) is 0 Å². The van der Waals surface area contributed by atoms with Crippen molar-refractivity contribution in [3.63, 3.8) is 0 Å². The van der Waals surface area contributed by atoms with Crippen LogP contribution in [-0.4, -0.2) is 11.1 Å². The van der Waals surface area contributed by atoms with Gasteiger partial charge in [0.2, 0.25) is 0 Å². The third-order valence-electron chi connectivity index (χ3n) is 1.99. The van der Waals surface area contributed by atoms with E-state index < -0.39 is 17.7 Å². The maximum Gasteiger partial charge on any atom is 0.306 e. The molecule has 0 aliphatic rings. The summed E-state index contributed by atoms with van der Waals surface area (Å²) in [5.41, 5.74) is 0.268. The van der Waals surface area contributed by atoms with E-state index in [0.717, 1.165) is 0 Å². The lowest BCUT2D eigenvalue weighted by Crippen LogP contribution is -2.13. The van der Waals surface area contributed by atoms with Crippen molar-refractivity contribution in [1.82, 2.24) is 0 Å². The number of carboxylic acids is 1. The number of aliphatic carboxylic acids is 1. The first-order chi connectivity index (χ1) is 6.52. The summed E-state index contributed by atoms with van der Waals surface area (Å²) in [6, 6.07) is 4.32. The van der Waals surface area contributed by atoms with E-state index in [1.54, 1.807) is 6.07 Å². The minimum absolute atomic E-state index is 0.112. The van der Waals surface area contributed by atoms with Gasteiger partial charge >= 0.3 is 5.97 Å². The molecule has 4 heteroatoms. The lowest BCUT2D eigenvalue weighted by atomic mass is 10.0. The van der Waals surface area contributed by atoms with Gasteiger partial charge in [-0.05, 0) is 18.6 Å². The average Bonchev–Trinajstić information content (AvgIpc) is 2.11. The van der Waals surface area contributed by atoms with Crippen LogP contribution in [0.4, 0.5) is 4.39 Å². The van der Waals surface area contributed by atoms with Gasteiger partial charge in [0.25, 0.3) is 0 Å². The summed E-state index contributed by atoms with van der Waals surface area (Å²) >= 11 is 5.75. The fourth-order valence-corrected chi connectivity index (χ4v) is 1.36. The van der Waals surface area contributed by atoms with Crippen molar-refractivity contribution in [3.05, 3.63) is 34.6 Å². The van der Waals surface area contributed by atoms with Gasteiger partial charge in [0.05, 0.1) is 5.92 Å². The van der Waals surface area contributed by atoms with Crippen LogP contribution >= 0.6 is 11.6 Å². The van der Waals surface area contributed by atoms with Gasteiger partial charge in [0, 0.05) is 10.6 Å². The lowest BCUT2D eigenvalue weighted by Gasteiger charge is -2.08. The minimum Gasteiger partial charge on any atom is -0.481 e. The van der Waals surface area contributed by atoms with Gasteiger partial charge < -0.3 is 5.11 Å². The molecule has 0 spiro atoms. The molecule has 0 radical (unpaired) electrons. The van der Waals surface area contributed by atoms with Crippen molar-refractivity contribution in [2.75, 3.05) is 0 Å². The third kappa shape index (κ3) is 2.45. The Kier molecular flexibility index (Phi) is 3.47. The van der Waals surface area contributed by atoms with Crippen molar-refractivity contribution in [2.45, 2.75) is 13.3 Å². The van der Waals surface area contributed by atoms with E-state index in [9.17, 15) is 9.18 Å². The summed E-state index contributed by atoms with van der Waals surface area (Å²) in [6.07, 6.45) is 0.112. The molecule has 0 saturated heterocycles. The van der Waals surface area contributed by atoms with Crippen LogP contribution in [0.2, 0.25) is 5.02 Å². The molecule has 76 valence electrons. The number of benzene rings is 1. The first kappa shape index (κ1) is 11.0. The van der Waals surface area contributed by atoms with Gasteiger partial charge in [-0.15, -0.1) is 0 Å². The molecule has 0 aliphatic heterocycles. The van der Waals surface area contributed by atoms with Crippen LogP contribution in [0.5, 0.6) is 0 Å². The Morgan fingerprint density at radius 3 is 2.79 bits per heavy atom. The van der Waals surface area contributed by atoms with Gasteiger partial charge in [-0.3, -0.25) is 4.79 Å². The smallest absolute Gasteiger partial charge is 0.306 e. The Morgan fingerprint density at radius 1 is 1.64 bits per heavy atom. The minimum atomic E-state index is -0.954. The van der Waals surface area contributed by atoms with Gasteiger partial charge in [0.15, 0.2) is 0 Å². The molecule has 0 fully saturated rings. The van der Waals surface area contributed by atoms with Crippen molar-refractivity contribution >= 4 is 17.6 Å². The van der Waals surface area contributed by atoms with Crippen molar-refractivity contribution in [1.29, 1.82) is 0 Å². The summed E-state index contributed by atoms with van der Waals surface area (Å²) in [6.45, 7) is 1.52. The van der Waals surface area contributed by atoms with Crippen molar-refractivity contribution < 1.29 is 14.3 Å². The van der Waals surface area contributed by atoms with Crippen LogP contribution in [0.25, 0.3) is 0 Å². The molecule has 1 rings (SSSR count). The summed E-state index contributed by atoms with van der Waals surface area (Å²) < 4.78 is 13.2. The van der Waals surface area contributed by atoms with E-state index in [0.29, 0.717) is 0 Å². The molecule has 0 aliphatic carbocycles. The average molecular weight is 217 g/mol. The largest absolute Gasteiger partial charge is 0.481 e. The molecule has 1 unspecified atom stereocenters. The molecule has 0 amide bonds.